The van der Waals surface area contributed by atoms with Gasteiger partial charge in [-0.05, 0) is 60.7 Å². The van der Waals surface area contributed by atoms with E-state index in [1.165, 1.54) is 16.7 Å². The van der Waals surface area contributed by atoms with Gasteiger partial charge in [0.15, 0.2) is 0 Å². The van der Waals surface area contributed by atoms with E-state index in [-0.39, 0.29) is 6.04 Å². The monoisotopic (exact) mass is 333 g/mol. The summed E-state index contributed by atoms with van der Waals surface area (Å²) in [4.78, 5) is 0. The van der Waals surface area contributed by atoms with Crippen LogP contribution in [0.15, 0.2) is 40.9 Å². The lowest BCUT2D eigenvalue weighted by Gasteiger charge is -2.17. The third kappa shape index (κ3) is 3.22. The third-order valence-corrected chi connectivity index (χ3v) is 4.51. The summed E-state index contributed by atoms with van der Waals surface area (Å²) in [6.45, 7) is 4.25. The molecule has 1 atom stereocenters. The first-order valence-corrected chi connectivity index (χ1v) is 7.46. The van der Waals surface area contributed by atoms with Crippen molar-refractivity contribution in [2.75, 3.05) is 7.11 Å². The van der Waals surface area contributed by atoms with Crippen molar-refractivity contribution in [2.45, 2.75) is 26.3 Å². The molecule has 0 saturated heterocycles. The van der Waals surface area contributed by atoms with Gasteiger partial charge in [-0.1, -0.05) is 34.1 Å². The second kappa shape index (κ2) is 6.42. The van der Waals surface area contributed by atoms with Gasteiger partial charge in [-0.15, -0.1) is 0 Å². The van der Waals surface area contributed by atoms with Crippen LogP contribution in [0.4, 0.5) is 0 Å². The van der Waals surface area contributed by atoms with E-state index in [2.05, 4.69) is 48.0 Å². The summed E-state index contributed by atoms with van der Waals surface area (Å²) in [5.41, 5.74) is 11.3. The molecular formula is C17H20BrNO. The SMILES string of the molecule is COc1ccc(Br)c(CC(N)c2cccc(C)c2C)c1. The quantitative estimate of drug-likeness (QED) is 0.904. The van der Waals surface area contributed by atoms with Crippen LogP contribution in [-0.4, -0.2) is 7.11 Å². The van der Waals surface area contributed by atoms with E-state index in [0.29, 0.717) is 0 Å². The summed E-state index contributed by atoms with van der Waals surface area (Å²) < 4.78 is 6.35. The molecule has 0 spiro atoms. The Morgan fingerprint density at radius 1 is 1.20 bits per heavy atom. The standard InChI is InChI=1S/C17H20BrNO/c1-11-5-4-6-15(12(11)2)17(19)10-13-9-14(20-3)7-8-16(13)18/h4-9,17H,10,19H2,1-3H3. The molecule has 0 bridgehead atoms. The average Bonchev–Trinajstić information content (AvgIpc) is 2.44. The molecule has 3 heteroatoms. The van der Waals surface area contributed by atoms with Crippen LogP contribution in [0.25, 0.3) is 0 Å². The highest BCUT2D eigenvalue weighted by atomic mass is 79.9. The Hall–Kier alpha value is -1.32. The molecule has 2 rings (SSSR count). The van der Waals surface area contributed by atoms with Crippen LogP contribution in [0, 0.1) is 13.8 Å². The van der Waals surface area contributed by atoms with Crippen LogP contribution in [0.1, 0.15) is 28.3 Å². The highest BCUT2D eigenvalue weighted by molar-refractivity contribution is 9.10. The predicted octanol–water partition coefficient (Wildman–Crippen LogP) is 4.32. The molecule has 0 aromatic heterocycles. The van der Waals surface area contributed by atoms with Crippen molar-refractivity contribution in [3.05, 3.63) is 63.1 Å². The van der Waals surface area contributed by atoms with Crippen molar-refractivity contribution >= 4 is 15.9 Å². The lowest BCUT2D eigenvalue weighted by molar-refractivity contribution is 0.414. The molecule has 106 valence electrons. The van der Waals surface area contributed by atoms with Gasteiger partial charge in [-0.2, -0.15) is 0 Å². The molecule has 0 aliphatic rings. The van der Waals surface area contributed by atoms with Crippen LogP contribution in [0.2, 0.25) is 0 Å². The number of hydrogen-bond donors (Lipinski definition) is 1. The maximum absolute atomic E-state index is 6.40. The molecule has 0 fully saturated rings. The topological polar surface area (TPSA) is 35.2 Å². The molecule has 0 radical (unpaired) electrons. The Morgan fingerprint density at radius 2 is 1.95 bits per heavy atom. The summed E-state index contributed by atoms with van der Waals surface area (Å²) in [7, 11) is 1.68. The minimum absolute atomic E-state index is 0.0155. The van der Waals surface area contributed by atoms with Gasteiger partial charge in [0.1, 0.15) is 5.75 Å². The number of hydrogen-bond acceptors (Lipinski definition) is 2. The summed E-state index contributed by atoms with van der Waals surface area (Å²) in [5.74, 6) is 0.858. The maximum Gasteiger partial charge on any atom is 0.119 e. The highest BCUT2D eigenvalue weighted by Gasteiger charge is 2.13. The number of halogens is 1. The van der Waals surface area contributed by atoms with Crippen molar-refractivity contribution in [2.24, 2.45) is 5.73 Å². The summed E-state index contributed by atoms with van der Waals surface area (Å²) in [6, 6.07) is 12.3. The zero-order valence-corrected chi connectivity index (χ0v) is 13.7. The smallest absolute Gasteiger partial charge is 0.119 e. The van der Waals surface area contributed by atoms with Crippen LogP contribution >= 0.6 is 15.9 Å². The second-order valence-electron chi connectivity index (χ2n) is 5.06. The van der Waals surface area contributed by atoms with Crippen molar-refractivity contribution in [3.63, 3.8) is 0 Å². The Morgan fingerprint density at radius 3 is 2.65 bits per heavy atom. The van der Waals surface area contributed by atoms with Crippen molar-refractivity contribution in [1.29, 1.82) is 0 Å². The van der Waals surface area contributed by atoms with Gasteiger partial charge < -0.3 is 10.5 Å². The zero-order valence-electron chi connectivity index (χ0n) is 12.1. The van der Waals surface area contributed by atoms with Gasteiger partial charge in [0.05, 0.1) is 7.11 Å². The Labute approximate surface area is 129 Å². The number of rotatable bonds is 4. The maximum atomic E-state index is 6.40. The fraction of sp³-hybridized carbons (Fsp3) is 0.294. The fourth-order valence-electron chi connectivity index (χ4n) is 2.36. The second-order valence-corrected chi connectivity index (χ2v) is 5.91. The Bertz CT molecular complexity index is 610. The molecule has 0 heterocycles. The molecule has 2 aromatic carbocycles. The third-order valence-electron chi connectivity index (χ3n) is 3.74. The van der Waals surface area contributed by atoms with Crippen LogP contribution in [0.3, 0.4) is 0 Å². The number of benzene rings is 2. The lowest BCUT2D eigenvalue weighted by Crippen LogP contribution is -2.15. The van der Waals surface area contributed by atoms with E-state index in [1.54, 1.807) is 7.11 Å². The van der Waals surface area contributed by atoms with Gasteiger partial charge in [0, 0.05) is 10.5 Å². The minimum atomic E-state index is -0.0155. The van der Waals surface area contributed by atoms with Gasteiger partial charge in [0.25, 0.3) is 0 Å². The molecule has 0 amide bonds. The predicted molar refractivity (Wildman–Crippen MR) is 87.2 cm³/mol. The summed E-state index contributed by atoms with van der Waals surface area (Å²) >= 11 is 3.58. The number of methoxy groups -OCH3 is 1. The molecule has 2 nitrogen and oxygen atoms in total. The molecule has 0 aliphatic carbocycles. The molecule has 2 aromatic rings. The van der Waals surface area contributed by atoms with E-state index in [0.717, 1.165) is 22.2 Å². The molecule has 20 heavy (non-hydrogen) atoms. The molecule has 2 N–H and O–H groups in total. The molecule has 0 saturated carbocycles. The first-order valence-electron chi connectivity index (χ1n) is 6.67. The lowest BCUT2D eigenvalue weighted by atomic mass is 9.94. The highest BCUT2D eigenvalue weighted by Crippen LogP contribution is 2.28. The van der Waals surface area contributed by atoms with E-state index in [1.807, 2.05) is 18.2 Å². The van der Waals surface area contributed by atoms with E-state index in [9.17, 15) is 0 Å². The van der Waals surface area contributed by atoms with Crippen LogP contribution in [-0.2, 0) is 6.42 Å². The summed E-state index contributed by atoms with van der Waals surface area (Å²) in [5, 5.41) is 0. The van der Waals surface area contributed by atoms with Gasteiger partial charge in [-0.3, -0.25) is 0 Å². The van der Waals surface area contributed by atoms with Gasteiger partial charge in [0.2, 0.25) is 0 Å². The van der Waals surface area contributed by atoms with Crippen molar-refractivity contribution < 1.29 is 4.74 Å². The fourth-order valence-corrected chi connectivity index (χ4v) is 2.77. The Kier molecular flexibility index (Phi) is 4.84. The van der Waals surface area contributed by atoms with Crippen molar-refractivity contribution in [1.82, 2.24) is 0 Å². The number of aryl methyl sites for hydroxylation is 1. The Balaban J connectivity index is 2.27. The summed E-state index contributed by atoms with van der Waals surface area (Å²) in [6.07, 6.45) is 0.780. The first-order chi connectivity index (χ1) is 9.52. The largest absolute Gasteiger partial charge is 0.497 e. The number of ether oxygens (including phenoxy) is 1. The van der Waals surface area contributed by atoms with Gasteiger partial charge >= 0.3 is 0 Å². The van der Waals surface area contributed by atoms with E-state index >= 15 is 0 Å². The number of nitrogens with two attached hydrogens (primary N) is 1. The average molecular weight is 334 g/mol. The zero-order chi connectivity index (χ0) is 14.7. The van der Waals surface area contributed by atoms with Crippen LogP contribution < -0.4 is 10.5 Å². The van der Waals surface area contributed by atoms with Gasteiger partial charge in [-0.25, -0.2) is 0 Å². The normalized spacial score (nSPS) is 12.2. The molecular weight excluding hydrogens is 314 g/mol. The van der Waals surface area contributed by atoms with Crippen LogP contribution in [0.5, 0.6) is 5.75 Å². The van der Waals surface area contributed by atoms with Crippen molar-refractivity contribution in [3.8, 4) is 5.75 Å². The van der Waals surface area contributed by atoms with E-state index in [4.69, 9.17) is 10.5 Å². The molecule has 0 aliphatic heterocycles. The first kappa shape index (κ1) is 15.1. The molecule has 1 unspecified atom stereocenters. The van der Waals surface area contributed by atoms with E-state index < -0.39 is 0 Å². The minimum Gasteiger partial charge on any atom is -0.497 e.